The van der Waals surface area contributed by atoms with Crippen molar-refractivity contribution in [1.29, 1.82) is 0 Å². The van der Waals surface area contributed by atoms with Gasteiger partial charge in [0.1, 0.15) is 26.8 Å². The Bertz CT molecular complexity index is 4470. The van der Waals surface area contributed by atoms with Crippen LogP contribution in [0, 0.1) is 26.0 Å². The molecule has 0 aliphatic carbocycles. The second-order valence-corrected chi connectivity index (χ2v) is 22.2. The van der Waals surface area contributed by atoms with E-state index in [9.17, 15) is 81.3 Å². The van der Waals surface area contributed by atoms with Gasteiger partial charge < -0.3 is 41.4 Å². The number of nitrogens with one attached hydrogen (secondary N) is 2. The molecule has 4 aromatic heterocycles. The number of aromatic nitrogens is 8. The van der Waals surface area contributed by atoms with Gasteiger partial charge in [-0.2, -0.15) is 81.0 Å². The number of hydrogen-bond donors (Lipinski definition) is 8. The van der Waals surface area contributed by atoms with Crippen LogP contribution in [0.15, 0.2) is 64.1 Å². The van der Waals surface area contributed by atoms with Gasteiger partial charge >= 0.3 is 81.2 Å². The molecule has 4 bridgehead atoms. The summed E-state index contributed by atoms with van der Waals surface area (Å²) in [7, 11) is -23.5. The van der Waals surface area contributed by atoms with E-state index in [0.29, 0.717) is 21.3 Å². The van der Waals surface area contributed by atoms with E-state index in [1.807, 2.05) is 0 Å². The third-order valence-electron chi connectivity index (χ3n) is 12.0. The van der Waals surface area contributed by atoms with Gasteiger partial charge in [-0.15, -0.1) is 20.5 Å². The number of halogens is 2. The van der Waals surface area contributed by atoms with Crippen molar-refractivity contribution in [3.8, 4) is 11.8 Å². The molecular weight excluding hydrogens is 1200 g/mol. The smallest absolute Gasteiger partial charge is 0.859 e. The molecule has 83 heavy (non-hydrogen) atoms. The first-order valence-corrected chi connectivity index (χ1v) is 27.8. The number of azo groups is 2. The number of primary amides is 2. The van der Waals surface area contributed by atoms with Gasteiger partial charge in [0.2, 0.25) is 23.7 Å². The van der Waals surface area contributed by atoms with Crippen LogP contribution >= 0.6 is 0 Å². The fourth-order valence-electron chi connectivity index (χ4n) is 8.59. The average molecular weight is 1240 g/mol. The number of pyridine rings is 2. The van der Waals surface area contributed by atoms with Crippen LogP contribution in [0.5, 0.6) is 11.8 Å². The summed E-state index contributed by atoms with van der Waals surface area (Å²) in [5, 5.41) is 46.2. The van der Waals surface area contributed by atoms with Crippen LogP contribution < -0.4 is 100 Å². The maximum Gasteiger partial charge on any atom is 1.00 e. The molecule has 6 aromatic rings. The Labute approximate surface area is 497 Å². The standard InChI is InChI=1S/C39H36F2N18O18S4.Li.Na/c1-5-56-29(62)23(27(42)60)13(3)25(31(56)64)54-52-17-9-15-7-8-39(50-35-44-33(40)46-37(48-35)58(80(72,73)74)19(15)11-21(17)78(66,67)68)16-10-18(53-55-26-14(4)24(28(43)61)30(63)57(6-2)32(26)65)22(79(69,70)71)12-20(16)59(81(75,76)77)38-47-34(41)45-36(49-38)51-39;;/h9-12,62-63H,5-8H2,1-4H3,(H2,42,60)(H2,43,61)(H,66,67,68)(H,69,70,71)(H,72,73,74)(H,75,76,77)(H,44,46,48,50)(H,45,47,49,51);;/q;2*+1/p-2. The van der Waals surface area contributed by atoms with Crippen molar-refractivity contribution in [1.82, 2.24) is 39.0 Å². The number of benzene rings is 2. The van der Waals surface area contributed by atoms with Crippen LogP contribution in [0.2, 0.25) is 0 Å². The zero-order valence-electron chi connectivity index (χ0n) is 42.9. The summed E-state index contributed by atoms with van der Waals surface area (Å²) >= 11 is 0. The molecule has 8 rings (SSSR count). The zero-order valence-corrected chi connectivity index (χ0v) is 48.2. The predicted molar refractivity (Wildman–Crippen MR) is 263 cm³/mol. The minimum atomic E-state index is -6.01. The maximum absolute atomic E-state index is 15.9. The summed E-state index contributed by atoms with van der Waals surface area (Å²) in [5.74, 6) is -10.1. The Kier molecular flexibility index (Phi) is 17.8. The summed E-state index contributed by atoms with van der Waals surface area (Å²) < 4.78 is 181. The number of amides is 2. The van der Waals surface area contributed by atoms with E-state index in [2.05, 4.69) is 61.0 Å². The Morgan fingerprint density at radius 2 is 1.04 bits per heavy atom. The van der Waals surface area contributed by atoms with Gasteiger partial charge in [-0.25, -0.2) is 0 Å². The fraction of sp³-hybridized carbons (Fsp3) is 0.231. The summed E-state index contributed by atoms with van der Waals surface area (Å²) in [5.41, 5.74) is -4.75. The van der Waals surface area contributed by atoms with Crippen LogP contribution in [0.25, 0.3) is 0 Å². The predicted octanol–water partition coefficient (Wildman–Crippen LogP) is -5.49. The number of aryl methyl sites for hydroxylation is 1. The van der Waals surface area contributed by atoms with Crippen LogP contribution in [-0.4, -0.2) is 103 Å². The number of nitrogens with zero attached hydrogens (tertiary/aromatic N) is 14. The Hall–Kier alpha value is -7.60. The van der Waals surface area contributed by atoms with Crippen molar-refractivity contribution >= 4 is 111 Å². The van der Waals surface area contributed by atoms with Crippen molar-refractivity contribution in [2.24, 2.45) is 31.9 Å². The molecule has 0 saturated heterocycles. The molecule has 2 aromatic carbocycles. The van der Waals surface area contributed by atoms with Crippen molar-refractivity contribution < 1.29 is 129 Å². The van der Waals surface area contributed by atoms with Crippen LogP contribution in [0.4, 0.5) is 66.7 Å². The number of carbonyl (C=O) groups is 2. The van der Waals surface area contributed by atoms with E-state index in [1.165, 1.54) is 13.8 Å². The first-order chi connectivity index (χ1) is 37.5. The van der Waals surface area contributed by atoms with Gasteiger partial charge in [0.25, 0.3) is 43.3 Å². The minimum Gasteiger partial charge on any atom is -0.859 e. The molecule has 428 valence electrons. The van der Waals surface area contributed by atoms with E-state index < -0.39 is 214 Å². The average Bonchev–Trinajstić information content (AvgIpc) is 3.37. The first-order valence-electron chi connectivity index (χ1n) is 22.1. The van der Waals surface area contributed by atoms with Gasteiger partial charge in [0.15, 0.2) is 11.4 Å². The summed E-state index contributed by atoms with van der Waals surface area (Å²) in [6, 6.07) is 1.65. The molecule has 1 atom stereocenters. The number of fused-ring (bicyclic) bond motifs is 7. The summed E-state index contributed by atoms with van der Waals surface area (Å²) in [4.78, 5) is 70.2. The summed E-state index contributed by atoms with van der Waals surface area (Å²) in [6.07, 6.45) is -5.80. The van der Waals surface area contributed by atoms with Gasteiger partial charge in [0.05, 0.1) is 22.5 Å². The molecular formula is C39H34F2LiN18NaO18S4. The molecule has 10 N–H and O–H groups in total. The molecule has 0 radical (unpaired) electrons. The molecule has 44 heteroatoms. The third kappa shape index (κ3) is 12.0. The largest absolute Gasteiger partial charge is 1.00 e. The van der Waals surface area contributed by atoms with Crippen LogP contribution in [0.3, 0.4) is 0 Å². The van der Waals surface area contributed by atoms with Gasteiger partial charge in [-0.1, -0.05) is 0 Å². The quantitative estimate of drug-likeness (QED) is 0.0322. The van der Waals surface area contributed by atoms with Crippen molar-refractivity contribution in [3.05, 3.63) is 90.5 Å². The monoisotopic (exact) mass is 1240 g/mol. The third-order valence-corrected chi connectivity index (χ3v) is 15.5. The Morgan fingerprint density at radius 3 is 1.41 bits per heavy atom. The van der Waals surface area contributed by atoms with Crippen molar-refractivity contribution in [3.63, 3.8) is 0 Å². The number of nitrogens with two attached hydrogens (primary N) is 2. The molecule has 0 fully saturated rings. The van der Waals surface area contributed by atoms with Gasteiger partial charge in [-0.05, 0) is 93.3 Å². The van der Waals surface area contributed by atoms with Crippen LogP contribution in [0.1, 0.15) is 63.2 Å². The van der Waals surface area contributed by atoms with E-state index >= 15 is 8.78 Å². The normalized spacial score (nSPS) is 15.3. The van der Waals surface area contributed by atoms with Gasteiger partial charge in [0, 0.05) is 18.7 Å². The molecule has 0 saturated carbocycles. The van der Waals surface area contributed by atoms with Gasteiger partial charge in [-0.3, -0.25) is 37.4 Å². The summed E-state index contributed by atoms with van der Waals surface area (Å²) in [6.45, 7) is 3.89. The number of anilines is 6. The molecule has 1 spiro atoms. The van der Waals surface area contributed by atoms with Crippen molar-refractivity contribution in [2.45, 2.75) is 69.1 Å². The second-order valence-electron chi connectivity index (χ2n) is 16.9. The molecule has 6 heterocycles. The minimum absolute atomic E-state index is 0. The maximum atomic E-state index is 15.9. The molecule has 2 aliphatic rings. The molecule has 2 aliphatic heterocycles. The SMILES string of the molecule is CCn1c([O-])c(C(N)=O)c(C)c(N=Nc2cc3c(cc2S(=O)(=O)O)N(S(=O)(=O)O)c2nc(F)nc(n2)NC2(CC3)Nc3nc(F)nc(n3)N(S(=O)(=O)O)c3cc(S(=O)(=O)O)c(N=Nc4c(C)c(C(N)=O)c([O-])n(CC)c4=O)cc32)c1=O.[Li+].[Na+]. The Balaban J connectivity index is 0.00000553. The fourth-order valence-corrected chi connectivity index (χ4v) is 11.2. The van der Waals surface area contributed by atoms with E-state index in [-0.39, 0.29) is 75.7 Å². The number of rotatable bonds is 12. The molecule has 2 amide bonds. The zero-order chi connectivity index (χ0) is 60.0. The van der Waals surface area contributed by atoms with E-state index in [4.69, 9.17) is 11.5 Å². The van der Waals surface area contributed by atoms with Crippen LogP contribution in [-0.2, 0) is 66.0 Å². The second kappa shape index (κ2) is 22.9. The Morgan fingerprint density at radius 1 is 0.651 bits per heavy atom. The number of hydrogen-bond acceptors (Lipinski definition) is 26. The molecule has 1 unspecified atom stereocenters. The van der Waals surface area contributed by atoms with E-state index in [0.717, 1.165) is 13.8 Å². The van der Waals surface area contributed by atoms with E-state index in [1.54, 1.807) is 0 Å². The topological polar surface area (TPSA) is 551 Å². The molecule has 36 nitrogen and oxygen atoms in total. The number of carbonyl (C=O) groups excluding carboxylic acids is 2. The first kappa shape index (κ1) is 64.6. The van der Waals surface area contributed by atoms with Crippen molar-refractivity contribution in [2.75, 3.05) is 19.2 Å².